The standard InChI is InChI=1S/C19H17FN2O2/c20-15-7-4-8-17(11-15)22-13-16(12-19(22)24)21-18(23)10-9-14-5-2-1-3-6-14/h1-11,16H,12-13H2,(H,21,23)/b10-9-. The summed E-state index contributed by atoms with van der Waals surface area (Å²) < 4.78 is 13.3. The van der Waals surface area contributed by atoms with Gasteiger partial charge in [-0.25, -0.2) is 4.39 Å². The van der Waals surface area contributed by atoms with E-state index in [-0.39, 0.29) is 24.3 Å². The topological polar surface area (TPSA) is 49.4 Å². The van der Waals surface area contributed by atoms with Crippen molar-refractivity contribution in [3.63, 3.8) is 0 Å². The minimum absolute atomic E-state index is 0.127. The molecule has 1 atom stereocenters. The van der Waals surface area contributed by atoms with Crippen LogP contribution in [0, 0.1) is 5.82 Å². The van der Waals surface area contributed by atoms with Gasteiger partial charge in [-0.05, 0) is 29.8 Å². The number of halogens is 1. The van der Waals surface area contributed by atoms with Crippen LogP contribution in [-0.2, 0) is 9.59 Å². The number of hydrogen-bond donors (Lipinski definition) is 1. The molecule has 0 bridgehead atoms. The van der Waals surface area contributed by atoms with Crippen LogP contribution in [0.2, 0.25) is 0 Å². The fourth-order valence-electron chi connectivity index (χ4n) is 2.68. The monoisotopic (exact) mass is 324 g/mol. The molecule has 0 radical (unpaired) electrons. The maximum absolute atomic E-state index is 13.3. The Morgan fingerprint density at radius 1 is 1.17 bits per heavy atom. The Hall–Kier alpha value is -2.95. The molecule has 1 aliphatic heterocycles. The maximum atomic E-state index is 13.3. The molecule has 0 spiro atoms. The molecule has 4 nitrogen and oxygen atoms in total. The van der Waals surface area contributed by atoms with Crippen LogP contribution in [0.3, 0.4) is 0 Å². The predicted molar refractivity (Wildman–Crippen MR) is 90.8 cm³/mol. The van der Waals surface area contributed by atoms with Crippen molar-refractivity contribution in [3.05, 3.63) is 72.1 Å². The van der Waals surface area contributed by atoms with E-state index in [4.69, 9.17) is 0 Å². The van der Waals surface area contributed by atoms with Crippen molar-refractivity contribution < 1.29 is 14.0 Å². The second-order valence-electron chi connectivity index (χ2n) is 5.64. The molecule has 0 aromatic heterocycles. The Kier molecular flexibility index (Phi) is 4.70. The van der Waals surface area contributed by atoms with Gasteiger partial charge in [0.05, 0.1) is 6.04 Å². The van der Waals surface area contributed by atoms with Crippen LogP contribution < -0.4 is 10.2 Å². The minimum Gasteiger partial charge on any atom is -0.347 e. The number of benzene rings is 2. The molecule has 2 aromatic rings. The summed E-state index contributed by atoms with van der Waals surface area (Å²) in [6.07, 6.45) is 3.38. The van der Waals surface area contributed by atoms with E-state index in [0.29, 0.717) is 12.2 Å². The second kappa shape index (κ2) is 7.08. The SMILES string of the molecule is O=C(/C=C\c1ccccc1)NC1CC(=O)N(c2cccc(F)c2)C1. The molecule has 1 heterocycles. The number of nitrogens with one attached hydrogen (secondary N) is 1. The summed E-state index contributed by atoms with van der Waals surface area (Å²) in [6.45, 7) is 0.340. The number of anilines is 1. The van der Waals surface area contributed by atoms with E-state index in [1.54, 1.807) is 18.2 Å². The summed E-state index contributed by atoms with van der Waals surface area (Å²) in [5.74, 6) is -0.769. The lowest BCUT2D eigenvalue weighted by Gasteiger charge is -2.17. The van der Waals surface area contributed by atoms with Gasteiger partial charge >= 0.3 is 0 Å². The van der Waals surface area contributed by atoms with Crippen molar-refractivity contribution in [1.82, 2.24) is 5.32 Å². The van der Waals surface area contributed by atoms with Crippen molar-refractivity contribution in [2.45, 2.75) is 12.5 Å². The molecule has 1 fully saturated rings. The third kappa shape index (κ3) is 3.87. The highest BCUT2D eigenvalue weighted by atomic mass is 19.1. The van der Waals surface area contributed by atoms with Crippen molar-refractivity contribution in [2.75, 3.05) is 11.4 Å². The van der Waals surface area contributed by atoms with Crippen LogP contribution in [0.5, 0.6) is 0 Å². The highest BCUT2D eigenvalue weighted by molar-refractivity contribution is 5.98. The van der Waals surface area contributed by atoms with E-state index in [9.17, 15) is 14.0 Å². The molecule has 3 rings (SSSR count). The zero-order chi connectivity index (χ0) is 16.9. The first-order valence-electron chi connectivity index (χ1n) is 7.71. The molecule has 122 valence electrons. The predicted octanol–water partition coefficient (Wildman–Crippen LogP) is 2.76. The van der Waals surface area contributed by atoms with E-state index in [0.717, 1.165) is 5.56 Å². The number of carbonyl (C=O) groups excluding carboxylic acids is 2. The number of hydrogen-bond acceptors (Lipinski definition) is 2. The molecule has 1 unspecified atom stereocenters. The fourth-order valence-corrected chi connectivity index (χ4v) is 2.68. The second-order valence-corrected chi connectivity index (χ2v) is 5.64. The highest BCUT2D eigenvalue weighted by Crippen LogP contribution is 2.22. The molecule has 1 saturated heterocycles. The Morgan fingerprint density at radius 3 is 2.71 bits per heavy atom. The first kappa shape index (κ1) is 15.9. The van der Waals surface area contributed by atoms with Gasteiger partial charge in [-0.3, -0.25) is 9.59 Å². The average molecular weight is 324 g/mol. The number of rotatable bonds is 4. The lowest BCUT2D eigenvalue weighted by Crippen LogP contribution is -2.36. The van der Waals surface area contributed by atoms with E-state index in [1.165, 1.54) is 23.1 Å². The average Bonchev–Trinajstić information content (AvgIpc) is 2.94. The lowest BCUT2D eigenvalue weighted by atomic mass is 10.2. The van der Waals surface area contributed by atoms with Gasteiger partial charge in [0.25, 0.3) is 0 Å². The first-order chi connectivity index (χ1) is 11.6. The Labute approximate surface area is 139 Å². The summed E-state index contributed by atoms with van der Waals surface area (Å²) in [5.41, 5.74) is 1.44. The van der Waals surface area contributed by atoms with Crippen molar-refractivity contribution in [1.29, 1.82) is 0 Å². The third-order valence-electron chi connectivity index (χ3n) is 3.82. The van der Waals surface area contributed by atoms with Gasteiger partial charge in [0.1, 0.15) is 5.82 Å². The molecule has 1 N–H and O–H groups in total. The van der Waals surface area contributed by atoms with Crippen LogP contribution >= 0.6 is 0 Å². The fraction of sp³-hybridized carbons (Fsp3) is 0.158. The zero-order valence-corrected chi connectivity index (χ0v) is 13.0. The van der Waals surface area contributed by atoms with Crippen molar-refractivity contribution >= 4 is 23.6 Å². The summed E-state index contributed by atoms with van der Waals surface area (Å²) >= 11 is 0. The summed E-state index contributed by atoms with van der Waals surface area (Å²) in [7, 11) is 0. The van der Waals surface area contributed by atoms with Gasteiger partial charge in [-0.15, -0.1) is 0 Å². The molecule has 0 aliphatic carbocycles. The van der Waals surface area contributed by atoms with Gasteiger partial charge < -0.3 is 10.2 Å². The van der Waals surface area contributed by atoms with E-state index in [1.807, 2.05) is 30.3 Å². The molecule has 2 aromatic carbocycles. The Bertz CT molecular complexity index is 774. The smallest absolute Gasteiger partial charge is 0.244 e. The Balaban J connectivity index is 1.60. The number of nitrogens with zero attached hydrogens (tertiary/aromatic N) is 1. The normalized spacial score (nSPS) is 17.5. The quantitative estimate of drug-likeness (QED) is 0.879. The zero-order valence-electron chi connectivity index (χ0n) is 13.0. The van der Waals surface area contributed by atoms with Crippen LogP contribution in [0.25, 0.3) is 6.08 Å². The van der Waals surface area contributed by atoms with Gasteiger partial charge in [0, 0.05) is 24.7 Å². The first-order valence-corrected chi connectivity index (χ1v) is 7.71. The molecule has 5 heteroatoms. The molecular weight excluding hydrogens is 307 g/mol. The van der Waals surface area contributed by atoms with Gasteiger partial charge in [0.15, 0.2) is 0 Å². The van der Waals surface area contributed by atoms with E-state index < -0.39 is 5.82 Å². The van der Waals surface area contributed by atoms with Crippen LogP contribution in [-0.4, -0.2) is 24.4 Å². The highest BCUT2D eigenvalue weighted by Gasteiger charge is 2.31. The largest absolute Gasteiger partial charge is 0.347 e. The van der Waals surface area contributed by atoms with Crippen LogP contribution in [0.1, 0.15) is 12.0 Å². The van der Waals surface area contributed by atoms with Gasteiger partial charge in [-0.2, -0.15) is 0 Å². The molecule has 24 heavy (non-hydrogen) atoms. The molecular formula is C19H17FN2O2. The molecule has 2 amide bonds. The maximum Gasteiger partial charge on any atom is 0.244 e. The lowest BCUT2D eigenvalue weighted by molar-refractivity contribution is -0.117. The van der Waals surface area contributed by atoms with Crippen LogP contribution in [0.4, 0.5) is 10.1 Å². The summed E-state index contributed by atoms with van der Waals surface area (Å²) in [4.78, 5) is 25.6. The number of carbonyl (C=O) groups is 2. The van der Waals surface area contributed by atoms with Crippen molar-refractivity contribution in [3.8, 4) is 0 Å². The van der Waals surface area contributed by atoms with Crippen molar-refractivity contribution in [2.24, 2.45) is 0 Å². The van der Waals surface area contributed by atoms with E-state index in [2.05, 4.69) is 5.32 Å². The summed E-state index contributed by atoms with van der Waals surface area (Å²) in [6, 6.07) is 15.1. The van der Waals surface area contributed by atoms with Gasteiger partial charge in [-0.1, -0.05) is 36.4 Å². The minimum atomic E-state index is -0.390. The number of amides is 2. The Morgan fingerprint density at radius 2 is 1.96 bits per heavy atom. The van der Waals surface area contributed by atoms with E-state index >= 15 is 0 Å². The van der Waals surface area contributed by atoms with Crippen LogP contribution in [0.15, 0.2) is 60.7 Å². The molecule has 1 aliphatic rings. The molecule has 0 saturated carbocycles. The van der Waals surface area contributed by atoms with Gasteiger partial charge in [0.2, 0.25) is 11.8 Å². The third-order valence-corrected chi connectivity index (χ3v) is 3.82. The summed E-state index contributed by atoms with van der Waals surface area (Å²) in [5, 5.41) is 2.81.